The molecule has 0 unspecified atom stereocenters. The van der Waals surface area contributed by atoms with Crippen molar-refractivity contribution < 1.29 is 23.9 Å². The van der Waals surface area contributed by atoms with Crippen molar-refractivity contribution in [3.8, 4) is 0 Å². The smallest absolute Gasteiger partial charge is 0.326 e. The Kier molecular flexibility index (Phi) is 7.48. The van der Waals surface area contributed by atoms with Gasteiger partial charge in [0, 0.05) is 22.4 Å². The fourth-order valence-electron chi connectivity index (χ4n) is 2.94. The predicted octanol–water partition coefficient (Wildman–Crippen LogP) is 3.54. The van der Waals surface area contributed by atoms with E-state index in [1.165, 1.54) is 6.92 Å². The Bertz CT molecular complexity index is 1110. The summed E-state index contributed by atoms with van der Waals surface area (Å²) in [7, 11) is 0. The summed E-state index contributed by atoms with van der Waals surface area (Å²) in [5.74, 6) is -1.92. The molecule has 162 valence electrons. The van der Waals surface area contributed by atoms with Crippen LogP contribution < -0.4 is 10.6 Å². The lowest BCUT2D eigenvalue weighted by Gasteiger charge is -2.18. The zero-order chi connectivity index (χ0) is 22.9. The molecule has 0 heterocycles. The van der Waals surface area contributed by atoms with Crippen molar-refractivity contribution in [1.82, 2.24) is 5.32 Å². The van der Waals surface area contributed by atoms with Crippen LogP contribution in [0.15, 0.2) is 84.9 Å². The minimum atomic E-state index is -1.24. The molecule has 2 amide bonds. The molecule has 1 atom stereocenters. The number of ether oxygens (including phenoxy) is 1. The molecule has 0 aromatic heterocycles. The van der Waals surface area contributed by atoms with Crippen molar-refractivity contribution in [3.05, 3.63) is 102 Å². The summed E-state index contributed by atoms with van der Waals surface area (Å²) in [6, 6.07) is 23.4. The first-order valence-electron chi connectivity index (χ1n) is 9.93. The zero-order valence-corrected chi connectivity index (χ0v) is 17.4. The molecular weight excluding hydrogens is 408 g/mol. The van der Waals surface area contributed by atoms with E-state index >= 15 is 0 Å². The lowest BCUT2D eigenvalue weighted by molar-refractivity contribution is -0.153. The lowest BCUT2D eigenvalue weighted by atomic mass is 10.1. The molecule has 0 radical (unpaired) electrons. The number of esters is 1. The van der Waals surface area contributed by atoms with Crippen LogP contribution in [0.2, 0.25) is 0 Å². The monoisotopic (exact) mass is 430 g/mol. The maximum atomic E-state index is 12.9. The summed E-state index contributed by atoms with van der Waals surface area (Å²) in [6.07, 6.45) is -1.24. The fourth-order valence-corrected chi connectivity index (χ4v) is 2.94. The van der Waals surface area contributed by atoms with E-state index in [1.54, 1.807) is 84.9 Å². The molecule has 3 aromatic rings. The molecule has 0 bridgehead atoms. The van der Waals surface area contributed by atoms with Crippen LogP contribution in [0, 0.1) is 0 Å². The number of ketones is 1. The van der Waals surface area contributed by atoms with Gasteiger partial charge < -0.3 is 15.4 Å². The number of rotatable bonds is 8. The summed E-state index contributed by atoms with van der Waals surface area (Å²) < 4.78 is 5.40. The van der Waals surface area contributed by atoms with Crippen molar-refractivity contribution in [2.45, 2.75) is 13.0 Å². The van der Waals surface area contributed by atoms with Gasteiger partial charge in [-0.25, -0.2) is 0 Å². The number of carbonyl (C=O) groups excluding carboxylic acids is 4. The van der Waals surface area contributed by atoms with Crippen LogP contribution in [-0.2, 0) is 14.3 Å². The van der Waals surface area contributed by atoms with E-state index in [0.29, 0.717) is 22.4 Å². The third-order valence-electron chi connectivity index (χ3n) is 4.56. The van der Waals surface area contributed by atoms with Gasteiger partial charge in [0.05, 0.1) is 0 Å². The molecule has 3 rings (SSSR count). The van der Waals surface area contributed by atoms with Crippen LogP contribution in [0.1, 0.15) is 39.3 Å². The highest BCUT2D eigenvalue weighted by Gasteiger charge is 2.25. The van der Waals surface area contributed by atoms with E-state index in [1.807, 2.05) is 0 Å². The molecule has 0 fully saturated rings. The molecule has 7 nitrogen and oxygen atoms in total. The number of anilines is 1. The number of hydrogen-bond donors (Lipinski definition) is 2. The fraction of sp³-hybridized carbons (Fsp3) is 0.120. The standard InChI is InChI=1S/C25H22N2O5/c1-17(28)20-13-8-14-21(15-20)27-25(31)23(18-9-4-2-5-10-18)32-22(29)16-26-24(30)19-11-6-3-7-12-19/h2-15,23H,16H2,1H3,(H,26,30)(H,27,31)/t23-/m1/s1. The van der Waals surface area contributed by atoms with Crippen molar-refractivity contribution >= 4 is 29.3 Å². The van der Waals surface area contributed by atoms with Crippen LogP contribution in [0.25, 0.3) is 0 Å². The number of benzene rings is 3. The normalized spacial score (nSPS) is 11.2. The van der Waals surface area contributed by atoms with E-state index in [0.717, 1.165) is 0 Å². The third-order valence-corrected chi connectivity index (χ3v) is 4.56. The Morgan fingerprint density at radius 3 is 2.09 bits per heavy atom. The summed E-state index contributed by atoms with van der Waals surface area (Å²) in [5.41, 5.74) is 1.72. The molecule has 0 aliphatic rings. The second-order valence-corrected chi connectivity index (χ2v) is 6.96. The predicted molar refractivity (Wildman–Crippen MR) is 119 cm³/mol. The van der Waals surface area contributed by atoms with Crippen LogP contribution in [0.4, 0.5) is 5.69 Å². The van der Waals surface area contributed by atoms with Crippen molar-refractivity contribution in [1.29, 1.82) is 0 Å². The number of nitrogens with one attached hydrogen (secondary N) is 2. The number of hydrogen-bond acceptors (Lipinski definition) is 5. The number of amides is 2. The SMILES string of the molecule is CC(=O)c1cccc(NC(=O)[C@H](OC(=O)CNC(=O)c2ccccc2)c2ccccc2)c1. The highest BCUT2D eigenvalue weighted by Crippen LogP contribution is 2.21. The van der Waals surface area contributed by atoms with Crippen molar-refractivity contribution in [2.75, 3.05) is 11.9 Å². The minimum Gasteiger partial charge on any atom is -0.446 e. The Morgan fingerprint density at radius 2 is 1.44 bits per heavy atom. The van der Waals surface area contributed by atoms with Gasteiger partial charge in [0.2, 0.25) is 6.10 Å². The van der Waals surface area contributed by atoms with Gasteiger partial charge in [0.1, 0.15) is 6.54 Å². The van der Waals surface area contributed by atoms with Crippen molar-refractivity contribution in [2.24, 2.45) is 0 Å². The lowest BCUT2D eigenvalue weighted by Crippen LogP contribution is -2.33. The molecule has 0 aliphatic heterocycles. The van der Waals surface area contributed by atoms with E-state index in [2.05, 4.69) is 10.6 Å². The average Bonchev–Trinajstić information content (AvgIpc) is 2.82. The first-order chi connectivity index (χ1) is 15.4. The Hall–Kier alpha value is -4.26. The van der Waals surface area contributed by atoms with E-state index < -0.39 is 30.4 Å². The molecule has 32 heavy (non-hydrogen) atoms. The Labute approximate surface area is 185 Å². The Balaban J connectivity index is 1.69. The van der Waals surface area contributed by atoms with Gasteiger partial charge in [-0.1, -0.05) is 60.7 Å². The summed E-state index contributed by atoms with van der Waals surface area (Å²) >= 11 is 0. The quantitative estimate of drug-likeness (QED) is 0.420. The van der Waals surface area contributed by atoms with Gasteiger partial charge in [0.25, 0.3) is 11.8 Å². The number of Topliss-reactive ketones (excluding diaryl/α,β-unsaturated/α-hetero) is 1. The first kappa shape index (κ1) is 22.4. The van der Waals surface area contributed by atoms with Gasteiger partial charge >= 0.3 is 5.97 Å². The molecule has 0 aliphatic carbocycles. The summed E-state index contributed by atoms with van der Waals surface area (Å²) in [6.45, 7) is 1.03. The summed E-state index contributed by atoms with van der Waals surface area (Å²) in [4.78, 5) is 49.1. The maximum absolute atomic E-state index is 12.9. The highest BCUT2D eigenvalue weighted by atomic mass is 16.5. The molecule has 3 aromatic carbocycles. The second kappa shape index (κ2) is 10.7. The van der Waals surface area contributed by atoms with Crippen LogP contribution in [-0.4, -0.2) is 30.1 Å². The molecule has 0 saturated heterocycles. The van der Waals surface area contributed by atoms with Crippen LogP contribution >= 0.6 is 0 Å². The largest absolute Gasteiger partial charge is 0.446 e. The molecule has 0 saturated carbocycles. The maximum Gasteiger partial charge on any atom is 0.326 e. The highest BCUT2D eigenvalue weighted by molar-refractivity contribution is 5.99. The van der Waals surface area contributed by atoms with Crippen LogP contribution in [0.3, 0.4) is 0 Å². The van der Waals surface area contributed by atoms with Gasteiger partial charge in [0.15, 0.2) is 5.78 Å². The van der Waals surface area contributed by atoms with E-state index in [4.69, 9.17) is 4.74 Å². The van der Waals surface area contributed by atoms with Gasteiger partial charge in [-0.15, -0.1) is 0 Å². The molecule has 2 N–H and O–H groups in total. The van der Waals surface area contributed by atoms with E-state index in [-0.39, 0.29) is 5.78 Å². The second-order valence-electron chi connectivity index (χ2n) is 6.96. The number of carbonyl (C=O) groups is 4. The van der Waals surface area contributed by atoms with Crippen LogP contribution in [0.5, 0.6) is 0 Å². The summed E-state index contributed by atoms with van der Waals surface area (Å²) in [5, 5.41) is 5.16. The topological polar surface area (TPSA) is 102 Å². The van der Waals surface area contributed by atoms with Gasteiger partial charge in [-0.05, 0) is 31.2 Å². The molecule has 0 spiro atoms. The Morgan fingerprint density at radius 1 is 0.812 bits per heavy atom. The van der Waals surface area contributed by atoms with Gasteiger partial charge in [-0.3, -0.25) is 19.2 Å². The molecule has 7 heteroatoms. The van der Waals surface area contributed by atoms with Crippen molar-refractivity contribution in [3.63, 3.8) is 0 Å². The van der Waals surface area contributed by atoms with Gasteiger partial charge in [-0.2, -0.15) is 0 Å². The molecular formula is C25H22N2O5. The third kappa shape index (κ3) is 6.12. The van der Waals surface area contributed by atoms with E-state index in [9.17, 15) is 19.2 Å². The first-order valence-corrected chi connectivity index (χ1v) is 9.93. The minimum absolute atomic E-state index is 0.138. The average molecular weight is 430 g/mol. The zero-order valence-electron chi connectivity index (χ0n) is 17.4.